The highest BCUT2D eigenvalue weighted by Gasteiger charge is 2.23. The molecule has 172 valence electrons. The summed E-state index contributed by atoms with van der Waals surface area (Å²) in [5.41, 5.74) is 1.50. The SMILES string of the molecule is CCSc1nc(OC(C)(C)C)c2cc(I)c(Br)c(O[C@@H](C)c3cccc4ccccc34)c2n1. The predicted octanol–water partition coefficient (Wildman–Crippen LogP) is 8.58. The molecule has 33 heavy (non-hydrogen) atoms. The molecule has 0 unspecified atom stereocenters. The summed E-state index contributed by atoms with van der Waals surface area (Å²) < 4.78 is 14.8. The van der Waals surface area contributed by atoms with Crippen molar-refractivity contribution in [1.29, 1.82) is 0 Å². The van der Waals surface area contributed by atoms with Gasteiger partial charge in [-0.05, 0) is 94.4 Å². The Balaban J connectivity index is 1.88. The fourth-order valence-electron chi connectivity index (χ4n) is 3.65. The molecule has 0 amide bonds. The zero-order chi connectivity index (χ0) is 23.8. The van der Waals surface area contributed by atoms with E-state index < -0.39 is 0 Å². The van der Waals surface area contributed by atoms with Crippen molar-refractivity contribution < 1.29 is 9.47 Å². The van der Waals surface area contributed by atoms with E-state index in [-0.39, 0.29) is 11.7 Å². The summed E-state index contributed by atoms with van der Waals surface area (Å²) in [5.74, 6) is 2.15. The first-order valence-electron chi connectivity index (χ1n) is 10.8. The fraction of sp³-hybridized carbons (Fsp3) is 0.308. The van der Waals surface area contributed by atoms with E-state index in [1.165, 1.54) is 10.8 Å². The van der Waals surface area contributed by atoms with Gasteiger partial charge in [0.2, 0.25) is 5.88 Å². The molecule has 0 aliphatic rings. The third-order valence-electron chi connectivity index (χ3n) is 5.02. The van der Waals surface area contributed by atoms with Gasteiger partial charge in [0.15, 0.2) is 10.9 Å². The van der Waals surface area contributed by atoms with Gasteiger partial charge in [-0.25, -0.2) is 4.98 Å². The lowest BCUT2D eigenvalue weighted by Crippen LogP contribution is -2.24. The molecule has 0 radical (unpaired) electrons. The molecule has 0 saturated heterocycles. The number of thioether (sulfide) groups is 1. The van der Waals surface area contributed by atoms with Gasteiger partial charge in [0.25, 0.3) is 0 Å². The number of aromatic nitrogens is 2. The quantitative estimate of drug-likeness (QED) is 0.120. The topological polar surface area (TPSA) is 44.2 Å². The summed E-state index contributed by atoms with van der Waals surface area (Å²) in [6.45, 7) is 10.2. The number of ether oxygens (including phenoxy) is 2. The Morgan fingerprint density at radius 3 is 2.52 bits per heavy atom. The zero-order valence-corrected chi connectivity index (χ0v) is 23.8. The van der Waals surface area contributed by atoms with Crippen LogP contribution in [0.2, 0.25) is 0 Å². The number of halogens is 2. The Bertz CT molecular complexity index is 1320. The smallest absolute Gasteiger partial charge is 0.226 e. The van der Waals surface area contributed by atoms with E-state index >= 15 is 0 Å². The Morgan fingerprint density at radius 1 is 1.06 bits per heavy atom. The zero-order valence-electron chi connectivity index (χ0n) is 19.3. The van der Waals surface area contributed by atoms with Crippen molar-refractivity contribution >= 4 is 72.0 Å². The maximum absolute atomic E-state index is 6.64. The molecule has 3 aromatic carbocycles. The molecule has 0 aliphatic carbocycles. The molecule has 0 bridgehead atoms. The average molecular weight is 637 g/mol. The van der Waals surface area contributed by atoms with E-state index in [0.717, 1.165) is 30.3 Å². The lowest BCUT2D eigenvalue weighted by Gasteiger charge is -2.23. The second-order valence-electron chi connectivity index (χ2n) is 8.68. The van der Waals surface area contributed by atoms with Gasteiger partial charge in [-0.2, -0.15) is 4.98 Å². The third kappa shape index (κ3) is 5.41. The molecule has 1 heterocycles. The standard InChI is InChI=1S/C26H26BrIN2O2S/c1-6-33-25-29-22-19(24(30-25)32-26(3,4)5)14-20(28)21(27)23(22)31-15(2)17-13-9-11-16-10-7-8-12-18(16)17/h7-15H,6H2,1-5H3/t15-/m0/s1. The van der Waals surface area contributed by atoms with Crippen LogP contribution in [0.5, 0.6) is 11.6 Å². The highest BCUT2D eigenvalue weighted by atomic mass is 127. The Hall–Kier alpha value is -1.58. The Morgan fingerprint density at radius 2 is 1.79 bits per heavy atom. The normalized spacial score (nSPS) is 12.8. The number of fused-ring (bicyclic) bond motifs is 2. The lowest BCUT2D eigenvalue weighted by molar-refractivity contribution is 0.125. The van der Waals surface area contributed by atoms with Crippen molar-refractivity contribution in [1.82, 2.24) is 9.97 Å². The minimum atomic E-state index is -0.384. The average Bonchev–Trinajstić information content (AvgIpc) is 2.76. The highest BCUT2D eigenvalue weighted by molar-refractivity contribution is 14.1. The predicted molar refractivity (Wildman–Crippen MR) is 150 cm³/mol. The van der Waals surface area contributed by atoms with Crippen LogP contribution in [-0.2, 0) is 0 Å². The second-order valence-corrected chi connectivity index (χ2v) is 11.9. The van der Waals surface area contributed by atoms with Gasteiger partial charge in [0.05, 0.1) is 9.86 Å². The van der Waals surface area contributed by atoms with Gasteiger partial charge in [-0.15, -0.1) is 0 Å². The summed E-state index contributed by atoms with van der Waals surface area (Å²) in [5, 5.41) is 3.91. The molecule has 1 aromatic heterocycles. The number of hydrogen-bond acceptors (Lipinski definition) is 5. The van der Waals surface area contributed by atoms with E-state index in [1.807, 2.05) is 20.8 Å². The summed E-state index contributed by atoms with van der Waals surface area (Å²) in [6.07, 6.45) is -0.182. The third-order valence-corrected chi connectivity index (χ3v) is 8.13. The Labute approximate surface area is 221 Å². The fourth-order valence-corrected chi connectivity index (χ4v) is 5.16. The van der Waals surface area contributed by atoms with Gasteiger partial charge in [-0.3, -0.25) is 0 Å². The van der Waals surface area contributed by atoms with Gasteiger partial charge in [0.1, 0.15) is 17.2 Å². The molecular formula is C26H26BrIN2O2S. The van der Waals surface area contributed by atoms with E-state index in [9.17, 15) is 0 Å². The summed E-state index contributed by atoms with van der Waals surface area (Å²) in [6, 6.07) is 16.8. The van der Waals surface area contributed by atoms with Crippen molar-refractivity contribution in [3.63, 3.8) is 0 Å². The van der Waals surface area contributed by atoms with Crippen LogP contribution in [0, 0.1) is 3.57 Å². The van der Waals surface area contributed by atoms with Crippen LogP contribution in [0.3, 0.4) is 0 Å². The largest absolute Gasteiger partial charge is 0.482 e. The van der Waals surface area contributed by atoms with Crippen LogP contribution in [-0.4, -0.2) is 21.3 Å². The number of rotatable bonds is 6. The minimum absolute atomic E-state index is 0.182. The minimum Gasteiger partial charge on any atom is -0.482 e. The van der Waals surface area contributed by atoms with Crippen LogP contribution in [0.15, 0.2) is 58.2 Å². The molecular weight excluding hydrogens is 611 g/mol. The molecule has 0 N–H and O–H groups in total. The van der Waals surface area contributed by atoms with Crippen molar-refractivity contribution in [3.05, 3.63) is 62.1 Å². The second kappa shape index (κ2) is 9.96. The van der Waals surface area contributed by atoms with E-state index in [1.54, 1.807) is 11.8 Å². The summed E-state index contributed by atoms with van der Waals surface area (Å²) in [4.78, 5) is 9.60. The van der Waals surface area contributed by atoms with Crippen LogP contribution in [0.4, 0.5) is 0 Å². The van der Waals surface area contributed by atoms with Gasteiger partial charge >= 0.3 is 0 Å². The van der Waals surface area contributed by atoms with Crippen LogP contribution >= 0.6 is 50.3 Å². The molecule has 7 heteroatoms. The first-order valence-corrected chi connectivity index (χ1v) is 13.7. The maximum atomic E-state index is 6.64. The van der Waals surface area contributed by atoms with E-state index in [0.29, 0.717) is 16.8 Å². The van der Waals surface area contributed by atoms with Gasteiger partial charge < -0.3 is 9.47 Å². The Kier molecular flexibility index (Phi) is 7.41. The number of nitrogens with zero attached hydrogens (tertiary/aromatic N) is 2. The first kappa shape index (κ1) is 24.5. The molecule has 1 atom stereocenters. The molecule has 0 aliphatic heterocycles. The van der Waals surface area contributed by atoms with Crippen LogP contribution < -0.4 is 9.47 Å². The van der Waals surface area contributed by atoms with Crippen molar-refractivity contribution in [2.24, 2.45) is 0 Å². The number of hydrogen-bond donors (Lipinski definition) is 0. The number of benzene rings is 3. The van der Waals surface area contributed by atoms with Crippen molar-refractivity contribution in [2.75, 3.05) is 5.75 Å². The maximum Gasteiger partial charge on any atom is 0.226 e. The highest BCUT2D eigenvalue weighted by Crippen LogP contribution is 2.43. The van der Waals surface area contributed by atoms with Crippen molar-refractivity contribution in [3.8, 4) is 11.6 Å². The molecule has 0 saturated carbocycles. The van der Waals surface area contributed by atoms with E-state index in [2.05, 4.69) is 101 Å². The summed E-state index contributed by atoms with van der Waals surface area (Å²) >= 11 is 7.66. The molecule has 4 aromatic rings. The van der Waals surface area contributed by atoms with Gasteiger partial charge in [-0.1, -0.05) is 61.2 Å². The van der Waals surface area contributed by atoms with Crippen LogP contribution in [0.1, 0.15) is 46.3 Å². The molecule has 0 fully saturated rings. The van der Waals surface area contributed by atoms with Gasteiger partial charge in [0, 0.05) is 3.57 Å². The lowest BCUT2D eigenvalue weighted by atomic mass is 10.0. The monoisotopic (exact) mass is 636 g/mol. The molecule has 4 rings (SSSR count). The van der Waals surface area contributed by atoms with Crippen molar-refractivity contribution in [2.45, 2.75) is 51.5 Å². The first-order chi connectivity index (χ1) is 15.7. The van der Waals surface area contributed by atoms with Crippen LogP contribution in [0.25, 0.3) is 21.7 Å². The molecule has 4 nitrogen and oxygen atoms in total. The molecule has 0 spiro atoms. The summed E-state index contributed by atoms with van der Waals surface area (Å²) in [7, 11) is 0. The van der Waals surface area contributed by atoms with E-state index in [4.69, 9.17) is 19.4 Å².